The zero-order valence-electron chi connectivity index (χ0n) is 24.4. The number of nitrogens with zero attached hydrogens (tertiary/aromatic N) is 5. The molecule has 2 N–H and O–H groups in total. The smallest absolute Gasteiger partial charge is 0.254 e. The molecule has 2 saturated heterocycles. The molecule has 2 aliphatic heterocycles. The molecule has 1 amide bonds. The third-order valence-corrected chi connectivity index (χ3v) is 9.61. The second-order valence-electron chi connectivity index (χ2n) is 13.0. The van der Waals surface area contributed by atoms with Gasteiger partial charge in [0.15, 0.2) is 0 Å². The Hall–Kier alpha value is -2.93. The summed E-state index contributed by atoms with van der Waals surface area (Å²) in [7, 11) is 0. The number of hydrogen-bond acceptors (Lipinski definition) is 8. The molecule has 41 heavy (non-hydrogen) atoms. The van der Waals surface area contributed by atoms with E-state index in [4.69, 9.17) is 21.6 Å². The zero-order valence-corrected chi connectivity index (χ0v) is 25.2. The summed E-state index contributed by atoms with van der Waals surface area (Å²) in [5.41, 5.74) is 0.145. The summed E-state index contributed by atoms with van der Waals surface area (Å²) in [6.07, 6.45) is 6.88. The number of benzene rings is 1. The number of nitriles is 1. The second kappa shape index (κ2) is 11.7. The largest absolute Gasteiger partial charge is 0.489 e. The maximum atomic E-state index is 13.2. The molecular weight excluding hydrogens is 540 g/mol. The molecule has 220 valence electrons. The minimum atomic E-state index is -0.349. The Kier molecular flexibility index (Phi) is 8.47. The van der Waals surface area contributed by atoms with Gasteiger partial charge in [-0.1, -0.05) is 39.3 Å². The third kappa shape index (κ3) is 6.15. The molecular formula is C31H41ClN6O3. The van der Waals surface area contributed by atoms with Crippen molar-refractivity contribution in [1.29, 1.82) is 5.26 Å². The fraction of sp³-hybridized carbons (Fsp3) is 0.613. The molecule has 0 atom stereocenters. The molecule has 3 heterocycles. The first-order valence-electron chi connectivity index (χ1n) is 14.6. The number of aliphatic hydroxyl groups excluding tert-OH is 1. The minimum Gasteiger partial charge on any atom is -0.489 e. The lowest BCUT2D eigenvalue weighted by atomic mass is 9.49. The molecule has 0 bridgehead atoms. The van der Waals surface area contributed by atoms with Crippen LogP contribution in [0.15, 0.2) is 30.6 Å². The van der Waals surface area contributed by atoms with Crippen molar-refractivity contribution in [3.63, 3.8) is 0 Å². The van der Waals surface area contributed by atoms with Crippen molar-refractivity contribution >= 4 is 23.5 Å². The summed E-state index contributed by atoms with van der Waals surface area (Å²) in [6, 6.07) is 7.01. The number of anilines is 1. The van der Waals surface area contributed by atoms with Gasteiger partial charge in [-0.05, 0) is 43.7 Å². The van der Waals surface area contributed by atoms with Gasteiger partial charge in [0.05, 0.1) is 22.3 Å². The van der Waals surface area contributed by atoms with Gasteiger partial charge in [0.2, 0.25) is 5.95 Å². The number of ether oxygens (including phenoxy) is 1. The normalized spacial score (nSPS) is 24.8. The number of piperidine rings is 2. The fourth-order valence-corrected chi connectivity index (χ4v) is 7.41. The predicted octanol–water partition coefficient (Wildman–Crippen LogP) is 4.29. The molecule has 1 saturated carbocycles. The minimum absolute atomic E-state index is 0.131. The Morgan fingerprint density at radius 1 is 1.10 bits per heavy atom. The average molecular weight is 581 g/mol. The standard InChI is InChI=1S/C31H41ClN6O3/c1-30(2)27(31(3,4)28(30)41-24-6-5-21(16-33)25(32)15-24)36-26(40)22-17-34-29(35-18-22)38-13-7-20(8-14-38)19-37-11-9-23(39)10-12-37/h5-6,15,17-18,20,23,27-28,39H,7-14,19H2,1-4H3,(H,36,40). The van der Waals surface area contributed by atoms with E-state index in [1.54, 1.807) is 30.6 Å². The Balaban J connectivity index is 1.14. The van der Waals surface area contributed by atoms with Crippen LogP contribution in [0.1, 0.15) is 69.3 Å². The highest BCUT2D eigenvalue weighted by atomic mass is 35.5. The van der Waals surface area contributed by atoms with E-state index in [1.165, 1.54) is 0 Å². The van der Waals surface area contributed by atoms with Crippen LogP contribution in [0, 0.1) is 28.1 Å². The first kappa shape index (κ1) is 29.6. The zero-order chi connectivity index (χ0) is 29.4. The van der Waals surface area contributed by atoms with E-state index in [0.717, 1.165) is 58.4 Å². The van der Waals surface area contributed by atoms with Gasteiger partial charge in [-0.15, -0.1) is 0 Å². The fourth-order valence-electron chi connectivity index (χ4n) is 7.19. The van der Waals surface area contributed by atoms with Crippen LogP contribution in [-0.2, 0) is 0 Å². The van der Waals surface area contributed by atoms with Gasteiger partial charge in [-0.3, -0.25) is 4.79 Å². The number of rotatable bonds is 7. The molecule has 1 aromatic carbocycles. The van der Waals surface area contributed by atoms with E-state index in [1.807, 2.05) is 0 Å². The Morgan fingerprint density at radius 2 is 1.73 bits per heavy atom. The summed E-state index contributed by atoms with van der Waals surface area (Å²) in [5.74, 6) is 1.72. The second-order valence-corrected chi connectivity index (χ2v) is 13.4. The molecule has 0 radical (unpaired) electrons. The quantitative estimate of drug-likeness (QED) is 0.498. The SMILES string of the molecule is CC1(C)C(NC(=O)c2cnc(N3CCC(CN4CCC(O)CC4)CC3)nc2)C(C)(C)C1Oc1ccc(C#N)c(Cl)c1. The number of amides is 1. The van der Waals surface area contributed by atoms with Crippen LogP contribution in [0.5, 0.6) is 5.75 Å². The van der Waals surface area contributed by atoms with Crippen molar-refractivity contribution in [2.24, 2.45) is 16.7 Å². The summed E-state index contributed by atoms with van der Waals surface area (Å²) >= 11 is 6.21. The van der Waals surface area contributed by atoms with E-state index < -0.39 is 0 Å². The van der Waals surface area contributed by atoms with Crippen LogP contribution < -0.4 is 15.0 Å². The van der Waals surface area contributed by atoms with E-state index in [9.17, 15) is 9.90 Å². The molecule has 2 aromatic rings. The lowest BCUT2D eigenvalue weighted by Crippen LogP contribution is -2.74. The first-order chi connectivity index (χ1) is 19.5. The monoisotopic (exact) mass is 580 g/mol. The van der Waals surface area contributed by atoms with Crippen LogP contribution in [0.25, 0.3) is 0 Å². The number of nitrogens with one attached hydrogen (secondary N) is 1. The number of aliphatic hydroxyl groups is 1. The number of hydrogen-bond donors (Lipinski definition) is 2. The van der Waals surface area contributed by atoms with Crippen molar-refractivity contribution in [3.05, 3.63) is 46.7 Å². The van der Waals surface area contributed by atoms with Crippen molar-refractivity contribution < 1.29 is 14.6 Å². The molecule has 10 heteroatoms. The van der Waals surface area contributed by atoms with Gasteiger partial charge < -0.3 is 25.0 Å². The van der Waals surface area contributed by atoms with Crippen LogP contribution in [0.4, 0.5) is 5.95 Å². The Morgan fingerprint density at radius 3 is 2.32 bits per heavy atom. The van der Waals surface area contributed by atoms with Gasteiger partial charge in [-0.2, -0.15) is 5.26 Å². The van der Waals surface area contributed by atoms with E-state index in [0.29, 0.717) is 33.8 Å². The molecule has 3 aliphatic rings. The van der Waals surface area contributed by atoms with Crippen molar-refractivity contribution in [1.82, 2.24) is 20.2 Å². The Labute approximate surface area is 247 Å². The number of halogens is 1. The predicted molar refractivity (Wildman–Crippen MR) is 158 cm³/mol. The van der Waals surface area contributed by atoms with Gasteiger partial charge >= 0.3 is 0 Å². The van der Waals surface area contributed by atoms with Gasteiger partial charge in [-0.25, -0.2) is 9.97 Å². The highest BCUT2D eigenvalue weighted by molar-refractivity contribution is 6.31. The molecule has 0 unspecified atom stereocenters. The highest BCUT2D eigenvalue weighted by Gasteiger charge is 2.64. The Bertz CT molecular complexity index is 1260. The summed E-state index contributed by atoms with van der Waals surface area (Å²) in [4.78, 5) is 27.0. The molecule has 5 rings (SSSR count). The van der Waals surface area contributed by atoms with Crippen molar-refractivity contribution in [2.45, 2.75) is 71.6 Å². The number of carbonyl (C=O) groups is 1. The summed E-state index contributed by atoms with van der Waals surface area (Å²) < 4.78 is 6.33. The lowest BCUT2D eigenvalue weighted by molar-refractivity contribution is -0.164. The summed E-state index contributed by atoms with van der Waals surface area (Å²) in [6.45, 7) is 13.2. The van der Waals surface area contributed by atoms with Crippen molar-refractivity contribution in [3.8, 4) is 11.8 Å². The van der Waals surface area contributed by atoms with Gasteiger partial charge in [0.25, 0.3) is 5.91 Å². The number of likely N-dealkylation sites (tertiary alicyclic amines) is 1. The van der Waals surface area contributed by atoms with Crippen LogP contribution in [-0.4, -0.2) is 76.9 Å². The topological polar surface area (TPSA) is 115 Å². The van der Waals surface area contributed by atoms with Crippen LogP contribution in [0.3, 0.4) is 0 Å². The molecule has 1 aromatic heterocycles. The van der Waals surface area contributed by atoms with Crippen molar-refractivity contribution in [2.75, 3.05) is 37.6 Å². The van der Waals surface area contributed by atoms with Gasteiger partial charge in [0.1, 0.15) is 17.9 Å². The molecule has 3 fully saturated rings. The van der Waals surface area contributed by atoms with E-state index in [2.05, 4.69) is 58.8 Å². The first-order valence-corrected chi connectivity index (χ1v) is 15.0. The maximum Gasteiger partial charge on any atom is 0.254 e. The highest BCUT2D eigenvalue weighted by Crippen LogP contribution is 2.55. The van der Waals surface area contributed by atoms with Gasteiger partial charge in [0, 0.05) is 68.1 Å². The lowest BCUT2D eigenvalue weighted by Gasteiger charge is -2.63. The third-order valence-electron chi connectivity index (χ3n) is 9.30. The van der Waals surface area contributed by atoms with E-state index in [-0.39, 0.29) is 35.0 Å². The van der Waals surface area contributed by atoms with Crippen LogP contribution in [0.2, 0.25) is 5.02 Å². The van der Waals surface area contributed by atoms with Crippen LogP contribution >= 0.6 is 11.6 Å². The summed E-state index contributed by atoms with van der Waals surface area (Å²) in [5, 5.41) is 22.4. The number of aromatic nitrogens is 2. The maximum absolute atomic E-state index is 13.2. The molecule has 0 spiro atoms. The average Bonchev–Trinajstić information content (AvgIpc) is 2.96. The van der Waals surface area contributed by atoms with E-state index >= 15 is 0 Å². The number of carbonyl (C=O) groups excluding carboxylic acids is 1. The molecule has 9 nitrogen and oxygen atoms in total. The molecule has 1 aliphatic carbocycles.